The SMILES string of the molecule is O=C(O)O[S](=O)(=O)[Ti]. The van der Waals surface area contributed by atoms with Crippen molar-refractivity contribution < 1.29 is 41.6 Å². The van der Waals surface area contributed by atoms with Crippen LogP contribution in [0.15, 0.2) is 0 Å². The second-order valence-corrected chi connectivity index (χ2v) is 4.22. The van der Waals surface area contributed by atoms with Gasteiger partial charge in [-0.15, -0.1) is 0 Å². The van der Waals surface area contributed by atoms with Crippen LogP contribution < -0.4 is 0 Å². The summed E-state index contributed by atoms with van der Waals surface area (Å²) in [5, 5.41) is 7.65. The Morgan fingerprint density at radius 1 is 1.62 bits per heavy atom. The average Bonchev–Trinajstić information content (AvgIpc) is 1.21. The molecule has 0 saturated heterocycles. The van der Waals surface area contributed by atoms with E-state index in [9.17, 15) is 13.2 Å². The summed E-state index contributed by atoms with van der Waals surface area (Å²) in [4.78, 5) is 9.41. The summed E-state index contributed by atoms with van der Waals surface area (Å²) in [6.45, 7) is 0. The zero-order valence-corrected chi connectivity index (χ0v) is 5.87. The first-order valence-electron chi connectivity index (χ1n) is 1.34. The van der Waals surface area contributed by atoms with Gasteiger partial charge in [0.15, 0.2) is 0 Å². The van der Waals surface area contributed by atoms with E-state index in [0.717, 1.165) is 0 Å². The maximum atomic E-state index is 9.84. The molecule has 0 aliphatic carbocycles. The van der Waals surface area contributed by atoms with Gasteiger partial charge in [0.25, 0.3) is 0 Å². The fraction of sp³-hybridized carbons (Fsp3) is 0. The van der Waals surface area contributed by atoms with Crippen LogP contribution in [0.5, 0.6) is 0 Å². The molecule has 0 aromatic heterocycles. The van der Waals surface area contributed by atoms with Crippen LogP contribution in [0, 0.1) is 0 Å². The molecule has 0 spiro atoms. The quantitative estimate of drug-likeness (QED) is 0.539. The van der Waals surface area contributed by atoms with Crippen molar-refractivity contribution in [3.8, 4) is 0 Å². The molecule has 0 rings (SSSR count). The van der Waals surface area contributed by atoms with Crippen LogP contribution in [0.1, 0.15) is 0 Å². The number of rotatable bonds is 1. The molecule has 5 nitrogen and oxygen atoms in total. The van der Waals surface area contributed by atoms with E-state index in [-0.39, 0.29) is 0 Å². The van der Waals surface area contributed by atoms with Gasteiger partial charge in [-0.1, -0.05) is 0 Å². The Labute approximate surface area is 55.8 Å². The second-order valence-electron chi connectivity index (χ2n) is 0.803. The van der Waals surface area contributed by atoms with Crippen LogP contribution in [0.2, 0.25) is 0 Å². The maximum absolute atomic E-state index is 9.84. The predicted molar refractivity (Wildman–Crippen MR) is 18.0 cm³/mol. The van der Waals surface area contributed by atoms with Crippen LogP contribution >= 0.6 is 0 Å². The average molecular weight is 173 g/mol. The van der Waals surface area contributed by atoms with Crippen LogP contribution in [0.4, 0.5) is 4.79 Å². The molecule has 0 unspecified atom stereocenters. The van der Waals surface area contributed by atoms with E-state index in [4.69, 9.17) is 5.11 Å². The predicted octanol–water partition coefficient (Wildman–Crippen LogP) is -0.527. The van der Waals surface area contributed by atoms with Crippen LogP contribution in [-0.4, -0.2) is 19.7 Å². The van der Waals surface area contributed by atoms with E-state index in [1.54, 1.807) is 0 Å². The zero-order chi connectivity index (χ0) is 6.78. The molecule has 1 N–H and O–H groups in total. The molecule has 0 radical (unpaired) electrons. The first-order chi connectivity index (χ1) is 3.42. The summed E-state index contributed by atoms with van der Waals surface area (Å²) < 4.78 is 23.0. The van der Waals surface area contributed by atoms with E-state index in [1.165, 1.54) is 0 Å². The van der Waals surface area contributed by atoms with Gasteiger partial charge in [0.1, 0.15) is 0 Å². The Morgan fingerprint density at radius 2 is 2.00 bits per heavy atom. The monoisotopic (exact) mass is 173 g/mol. The molecule has 0 aliphatic heterocycles. The minimum atomic E-state index is -3.82. The zero-order valence-electron chi connectivity index (χ0n) is 3.49. The number of hydrogen-bond acceptors (Lipinski definition) is 4. The van der Waals surface area contributed by atoms with Gasteiger partial charge in [0, 0.05) is 0 Å². The molecule has 0 aromatic rings. The fourth-order valence-electron chi connectivity index (χ4n) is 0.0939. The summed E-state index contributed by atoms with van der Waals surface area (Å²) in [5.74, 6) is 0. The van der Waals surface area contributed by atoms with Gasteiger partial charge in [-0.25, -0.2) is 0 Å². The van der Waals surface area contributed by atoms with Crippen molar-refractivity contribution in [3.05, 3.63) is 0 Å². The van der Waals surface area contributed by atoms with E-state index in [2.05, 4.69) is 4.18 Å². The molecule has 0 atom stereocenters. The number of carbonyl (C=O) groups is 1. The third-order valence-electron chi connectivity index (χ3n) is 0.181. The molecular weight excluding hydrogens is 172 g/mol. The molecule has 0 fully saturated rings. The van der Waals surface area contributed by atoms with Crippen molar-refractivity contribution in [1.29, 1.82) is 0 Å². The van der Waals surface area contributed by atoms with E-state index < -0.39 is 13.9 Å². The second kappa shape index (κ2) is 2.47. The summed E-state index contributed by atoms with van der Waals surface area (Å²) in [6.07, 6.45) is -1.81. The van der Waals surface area contributed by atoms with E-state index >= 15 is 0 Å². The van der Waals surface area contributed by atoms with Gasteiger partial charge in [-0.3, -0.25) is 0 Å². The van der Waals surface area contributed by atoms with E-state index in [1.807, 2.05) is 0 Å². The van der Waals surface area contributed by atoms with Crippen LogP contribution in [0.3, 0.4) is 0 Å². The van der Waals surface area contributed by atoms with Gasteiger partial charge in [-0.05, 0) is 0 Å². The van der Waals surface area contributed by atoms with Gasteiger partial charge in [-0.2, -0.15) is 0 Å². The Morgan fingerprint density at radius 3 is 2.00 bits per heavy atom. The molecule has 0 bridgehead atoms. The van der Waals surface area contributed by atoms with Crippen molar-refractivity contribution in [2.24, 2.45) is 0 Å². The number of carboxylic acid groups (broad SMARTS) is 1. The van der Waals surface area contributed by atoms with Gasteiger partial charge in [0.2, 0.25) is 0 Å². The topological polar surface area (TPSA) is 80.7 Å². The molecule has 0 heterocycles. The Kier molecular flexibility index (Phi) is 2.45. The molecule has 0 saturated carbocycles. The summed E-state index contributed by atoms with van der Waals surface area (Å²) >= 11 is 0.654. The summed E-state index contributed by atoms with van der Waals surface area (Å²) in [7, 11) is -3.82. The molecular formula is CHO5STi. The van der Waals surface area contributed by atoms with Crippen molar-refractivity contribution in [2.45, 2.75) is 0 Å². The van der Waals surface area contributed by atoms with Crippen molar-refractivity contribution >= 4 is 13.9 Å². The van der Waals surface area contributed by atoms with Crippen LogP contribution in [0.25, 0.3) is 0 Å². The van der Waals surface area contributed by atoms with Gasteiger partial charge in [0.05, 0.1) is 0 Å². The fourth-order valence-corrected chi connectivity index (χ4v) is 0.616. The Hall–Kier alpha value is -0.0657. The van der Waals surface area contributed by atoms with Gasteiger partial charge >= 0.3 is 55.5 Å². The molecule has 0 amide bonds. The third kappa shape index (κ3) is 5.93. The first-order valence-corrected chi connectivity index (χ1v) is 4.66. The molecule has 0 aromatic carbocycles. The Balaban J connectivity index is 3.95. The summed E-state index contributed by atoms with van der Waals surface area (Å²) in [6, 6.07) is 0. The minimum absolute atomic E-state index is 0.654. The standard InChI is InChI=1S/CHO5S.Ti/c2-1(3)6-7(4)5;/h(H,2,3);. The number of hydrogen-bond donors (Lipinski definition) is 1. The first kappa shape index (κ1) is 7.93. The molecule has 7 heteroatoms. The van der Waals surface area contributed by atoms with Crippen molar-refractivity contribution in [3.63, 3.8) is 0 Å². The van der Waals surface area contributed by atoms with E-state index in [0.29, 0.717) is 19.1 Å². The van der Waals surface area contributed by atoms with Crippen molar-refractivity contribution in [2.75, 3.05) is 0 Å². The molecule has 8 heavy (non-hydrogen) atoms. The molecule has 45 valence electrons. The summed E-state index contributed by atoms with van der Waals surface area (Å²) in [5.41, 5.74) is 0. The van der Waals surface area contributed by atoms with Crippen LogP contribution in [-0.2, 0) is 31.0 Å². The molecule has 0 aliphatic rings. The third-order valence-corrected chi connectivity index (χ3v) is 0.933. The normalized spacial score (nSPS) is 10.4. The Bertz CT molecular complexity index is 179. The van der Waals surface area contributed by atoms with Gasteiger partial charge < -0.3 is 0 Å². The van der Waals surface area contributed by atoms with Crippen molar-refractivity contribution in [1.82, 2.24) is 0 Å².